The van der Waals surface area contributed by atoms with Gasteiger partial charge in [-0.25, -0.2) is 0 Å². The molecule has 2 nitrogen and oxygen atoms in total. The fraction of sp³-hybridized carbons (Fsp3) is 0.500. The molecule has 14 heavy (non-hydrogen) atoms. The van der Waals surface area contributed by atoms with Crippen molar-refractivity contribution in [2.24, 2.45) is 0 Å². The second kappa shape index (κ2) is 2.99. The molecule has 2 aliphatic heterocycles. The quantitative estimate of drug-likeness (QED) is 0.662. The van der Waals surface area contributed by atoms with E-state index in [1.807, 2.05) is 0 Å². The third-order valence-corrected chi connectivity index (χ3v) is 3.41. The van der Waals surface area contributed by atoms with Gasteiger partial charge in [0.1, 0.15) is 0 Å². The summed E-state index contributed by atoms with van der Waals surface area (Å²) in [6.45, 7) is 4.56. The number of hydrogen-bond acceptors (Lipinski definition) is 2. The normalized spacial score (nSPS) is 29.9. The molecule has 0 saturated carbocycles. The van der Waals surface area contributed by atoms with Gasteiger partial charge in [-0.3, -0.25) is 0 Å². The number of para-hydroxylation sites is 1. The Morgan fingerprint density at radius 1 is 1.29 bits per heavy atom. The topological polar surface area (TPSA) is 15.3 Å². The Bertz CT molecular complexity index is 348. The zero-order valence-corrected chi connectivity index (χ0v) is 8.53. The number of fused-ring (bicyclic) bond motifs is 3. The Morgan fingerprint density at radius 3 is 3.07 bits per heavy atom. The summed E-state index contributed by atoms with van der Waals surface area (Å²) < 4.78 is 0. The fourth-order valence-electron chi connectivity index (χ4n) is 2.81. The average Bonchev–Trinajstić information content (AvgIpc) is 2.57. The monoisotopic (exact) mass is 188 g/mol. The summed E-state index contributed by atoms with van der Waals surface area (Å²) in [7, 11) is 0. The van der Waals surface area contributed by atoms with Crippen LogP contribution in [0.2, 0.25) is 0 Å². The lowest BCUT2D eigenvalue weighted by Crippen LogP contribution is -2.54. The Labute approximate surface area is 84.9 Å². The summed E-state index contributed by atoms with van der Waals surface area (Å²) in [6.07, 6.45) is 1.22. The summed E-state index contributed by atoms with van der Waals surface area (Å²) in [5, 5.41) is 3.50. The predicted molar refractivity (Wildman–Crippen MR) is 58.7 cm³/mol. The number of nitrogens with zero attached hydrogens (tertiary/aromatic N) is 1. The molecule has 1 aromatic carbocycles. The minimum absolute atomic E-state index is 0.636. The first-order valence-corrected chi connectivity index (χ1v) is 5.43. The van der Waals surface area contributed by atoms with Crippen molar-refractivity contribution in [3.05, 3.63) is 29.8 Å². The number of benzene rings is 1. The second-order valence-corrected chi connectivity index (χ2v) is 4.40. The standard InChI is InChI=1S/C12H16N2/c1-9-7-13-8-11-6-10-4-2-3-5-12(10)14(9)11/h2-5,9,11,13H,6-8H2,1H3/t9-,11+/m1/s1. The number of piperazine rings is 1. The van der Waals surface area contributed by atoms with Crippen LogP contribution in [-0.2, 0) is 6.42 Å². The van der Waals surface area contributed by atoms with Crippen molar-refractivity contribution in [2.75, 3.05) is 18.0 Å². The maximum atomic E-state index is 3.50. The van der Waals surface area contributed by atoms with E-state index in [-0.39, 0.29) is 0 Å². The van der Waals surface area contributed by atoms with E-state index in [1.54, 1.807) is 0 Å². The third-order valence-electron chi connectivity index (χ3n) is 3.41. The van der Waals surface area contributed by atoms with Crippen molar-refractivity contribution in [1.29, 1.82) is 0 Å². The first-order valence-electron chi connectivity index (χ1n) is 5.43. The Hall–Kier alpha value is -1.02. The van der Waals surface area contributed by atoms with E-state index < -0.39 is 0 Å². The molecule has 0 amide bonds. The molecule has 0 unspecified atom stereocenters. The SMILES string of the molecule is C[C@@H]1CNC[C@@H]2Cc3ccccc3N21. The van der Waals surface area contributed by atoms with Crippen LogP contribution in [0.1, 0.15) is 12.5 Å². The van der Waals surface area contributed by atoms with Crippen LogP contribution in [-0.4, -0.2) is 25.2 Å². The third kappa shape index (κ3) is 1.07. The van der Waals surface area contributed by atoms with Gasteiger partial charge in [0.25, 0.3) is 0 Å². The van der Waals surface area contributed by atoms with Crippen molar-refractivity contribution >= 4 is 5.69 Å². The lowest BCUT2D eigenvalue weighted by molar-refractivity contribution is 0.430. The second-order valence-electron chi connectivity index (χ2n) is 4.40. The molecule has 0 bridgehead atoms. The van der Waals surface area contributed by atoms with Crippen molar-refractivity contribution in [1.82, 2.24) is 5.32 Å². The van der Waals surface area contributed by atoms with Crippen LogP contribution in [0.3, 0.4) is 0 Å². The molecule has 1 N–H and O–H groups in total. The van der Waals surface area contributed by atoms with E-state index in [0.29, 0.717) is 12.1 Å². The zero-order valence-electron chi connectivity index (χ0n) is 8.53. The number of hydrogen-bond donors (Lipinski definition) is 1. The molecule has 74 valence electrons. The van der Waals surface area contributed by atoms with E-state index >= 15 is 0 Å². The molecule has 1 aromatic rings. The predicted octanol–water partition coefficient (Wildman–Crippen LogP) is 1.41. The number of rotatable bonds is 0. The van der Waals surface area contributed by atoms with Gasteiger partial charge in [0.2, 0.25) is 0 Å². The first kappa shape index (κ1) is 8.30. The summed E-state index contributed by atoms with van der Waals surface area (Å²) in [6, 6.07) is 10.1. The molecule has 0 spiro atoms. The highest BCUT2D eigenvalue weighted by atomic mass is 15.3. The molecule has 0 aliphatic carbocycles. The molecular weight excluding hydrogens is 172 g/mol. The van der Waals surface area contributed by atoms with Crippen LogP contribution in [0.5, 0.6) is 0 Å². The molecule has 0 aromatic heterocycles. The van der Waals surface area contributed by atoms with Crippen molar-refractivity contribution in [3.8, 4) is 0 Å². The highest BCUT2D eigenvalue weighted by Crippen LogP contribution is 2.34. The highest BCUT2D eigenvalue weighted by Gasteiger charge is 2.34. The molecule has 2 atom stereocenters. The van der Waals surface area contributed by atoms with Crippen LogP contribution in [0.15, 0.2) is 24.3 Å². The summed E-state index contributed by atoms with van der Waals surface area (Å²) in [4.78, 5) is 2.59. The molecule has 2 heteroatoms. The van der Waals surface area contributed by atoms with Gasteiger partial charge in [0.15, 0.2) is 0 Å². The van der Waals surface area contributed by atoms with E-state index in [2.05, 4.69) is 41.4 Å². The molecule has 0 radical (unpaired) electrons. The number of nitrogens with one attached hydrogen (secondary N) is 1. The lowest BCUT2D eigenvalue weighted by atomic mass is 10.1. The van der Waals surface area contributed by atoms with Crippen LogP contribution < -0.4 is 10.2 Å². The van der Waals surface area contributed by atoms with E-state index in [0.717, 1.165) is 13.1 Å². The van der Waals surface area contributed by atoms with Gasteiger partial charge in [-0.1, -0.05) is 18.2 Å². The smallest absolute Gasteiger partial charge is 0.0459 e. The largest absolute Gasteiger partial charge is 0.363 e. The first-order chi connectivity index (χ1) is 6.86. The van der Waals surface area contributed by atoms with Crippen LogP contribution >= 0.6 is 0 Å². The van der Waals surface area contributed by atoms with Gasteiger partial charge in [0, 0.05) is 30.9 Å². The van der Waals surface area contributed by atoms with Gasteiger partial charge in [-0.05, 0) is 25.0 Å². The van der Waals surface area contributed by atoms with Crippen molar-refractivity contribution in [2.45, 2.75) is 25.4 Å². The molecule has 3 rings (SSSR count). The lowest BCUT2D eigenvalue weighted by Gasteiger charge is -2.38. The van der Waals surface area contributed by atoms with Gasteiger partial charge in [0.05, 0.1) is 0 Å². The molecular formula is C12H16N2. The maximum Gasteiger partial charge on any atom is 0.0459 e. The van der Waals surface area contributed by atoms with Crippen molar-refractivity contribution < 1.29 is 0 Å². The maximum absolute atomic E-state index is 3.50. The van der Waals surface area contributed by atoms with Gasteiger partial charge >= 0.3 is 0 Å². The van der Waals surface area contributed by atoms with Crippen LogP contribution in [0.4, 0.5) is 5.69 Å². The minimum Gasteiger partial charge on any atom is -0.363 e. The highest BCUT2D eigenvalue weighted by molar-refractivity contribution is 5.60. The Kier molecular flexibility index (Phi) is 1.77. The minimum atomic E-state index is 0.636. The Balaban J connectivity index is 2.03. The zero-order chi connectivity index (χ0) is 9.54. The molecule has 2 heterocycles. The molecule has 1 saturated heterocycles. The van der Waals surface area contributed by atoms with Gasteiger partial charge in [-0.15, -0.1) is 0 Å². The molecule has 1 fully saturated rings. The van der Waals surface area contributed by atoms with Crippen molar-refractivity contribution in [3.63, 3.8) is 0 Å². The van der Waals surface area contributed by atoms with E-state index in [4.69, 9.17) is 0 Å². The summed E-state index contributed by atoms with van der Waals surface area (Å²) >= 11 is 0. The average molecular weight is 188 g/mol. The van der Waals surface area contributed by atoms with E-state index in [9.17, 15) is 0 Å². The van der Waals surface area contributed by atoms with Gasteiger partial charge < -0.3 is 10.2 Å². The Morgan fingerprint density at radius 2 is 2.14 bits per heavy atom. The van der Waals surface area contributed by atoms with Crippen LogP contribution in [0.25, 0.3) is 0 Å². The number of anilines is 1. The van der Waals surface area contributed by atoms with Gasteiger partial charge in [-0.2, -0.15) is 0 Å². The summed E-state index contributed by atoms with van der Waals surface area (Å²) in [5.74, 6) is 0. The van der Waals surface area contributed by atoms with Crippen LogP contribution in [0, 0.1) is 0 Å². The van der Waals surface area contributed by atoms with E-state index in [1.165, 1.54) is 17.7 Å². The summed E-state index contributed by atoms with van der Waals surface area (Å²) in [5.41, 5.74) is 2.99. The molecule has 2 aliphatic rings. The fourth-order valence-corrected chi connectivity index (χ4v) is 2.81.